The van der Waals surface area contributed by atoms with Gasteiger partial charge in [-0.25, -0.2) is 19.0 Å². The minimum Gasteiger partial charge on any atom is -0.492 e. The first-order chi connectivity index (χ1) is 18.7. The number of nitrogens with zero attached hydrogens (tertiary/aromatic N) is 3. The second-order valence-electron chi connectivity index (χ2n) is 8.03. The van der Waals surface area contributed by atoms with E-state index in [9.17, 15) is 19.1 Å². The van der Waals surface area contributed by atoms with Crippen LogP contribution in [-0.2, 0) is 0 Å². The van der Waals surface area contributed by atoms with Crippen LogP contribution in [0.15, 0.2) is 46.7 Å². The third kappa shape index (κ3) is 5.73. The Morgan fingerprint density at radius 2 is 2.03 bits per heavy atom. The Hall–Kier alpha value is -4.76. The molecule has 0 fully saturated rings. The molecule has 7 N–H and O–H groups in total. The number of rotatable bonds is 12. The summed E-state index contributed by atoms with van der Waals surface area (Å²) in [7, 11) is 1.33. The highest BCUT2D eigenvalue weighted by Gasteiger charge is 2.28. The zero-order chi connectivity index (χ0) is 28.1. The van der Waals surface area contributed by atoms with Crippen LogP contribution in [0.5, 0.6) is 11.5 Å². The number of aromatic nitrogens is 4. The second kappa shape index (κ2) is 11.7. The number of carboxylic acids is 1. The number of aliphatic hydroxyl groups excluding tert-OH is 1. The van der Waals surface area contributed by atoms with Crippen molar-refractivity contribution in [2.45, 2.75) is 12.5 Å². The molecule has 2 heterocycles. The highest BCUT2D eigenvalue weighted by Crippen LogP contribution is 2.40. The number of carbonyl (C=O) groups is 1. The maximum absolute atomic E-state index is 14.8. The molecule has 39 heavy (non-hydrogen) atoms. The molecule has 0 radical (unpaired) electrons. The molecular formula is C24H24FN7O6S. The van der Waals surface area contributed by atoms with Gasteiger partial charge in [0.15, 0.2) is 33.8 Å². The molecule has 4 rings (SSSR count). The van der Waals surface area contributed by atoms with Gasteiger partial charge in [-0.15, -0.1) is 16.4 Å². The lowest BCUT2D eigenvalue weighted by atomic mass is 10.0. The Morgan fingerprint density at radius 3 is 2.67 bits per heavy atom. The van der Waals surface area contributed by atoms with Crippen LogP contribution in [-0.4, -0.2) is 62.1 Å². The van der Waals surface area contributed by atoms with E-state index in [1.165, 1.54) is 18.7 Å². The minimum absolute atomic E-state index is 0.0149. The van der Waals surface area contributed by atoms with Gasteiger partial charge in [0.1, 0.15) is 11.9 Å². The quantitative estimate of drug-likeness (QED) is 0.0851. The van der Waals surface area contributed by atoms with Crippen molar-refractivity contribution in [3.63, 3.8) is 0 Å². The summed E-state index contributed by atoms with van der Waals surface area (Å²) in [5.41, 5.74) is 7.41. The Morgan fingerprint density at radius 1 is 1.28 bits per heavy atom. The monoisotopic (exact) mass is 557 g/mol. The van der Waals surface area contributed by atoms with Gasteiger partial charge in [-0.1, -0.05) is 0 Å². The lowest BCUT2D eigenvalue weighted by Gasteiger charge is -2.22. The summed E-state index contributed by atoms with van der Waals surface area (Å²) in [6, 6.07) is 8.15. The molecule has 2 aromatic heterocycles. The zero-order valence-electron chi connectivity index (χ0n) is 20.5. The minimum atomic E-state index is -1.27. The third-order valence-electron chi connectivity index (χ3n) is 5.52. The summed E-state index contributed by atoms with van der Waals surface area (Å²) in [6.07, 6.45) is 0.258. The fraction of sp³-hybridized carbons (Fsp3) is 0.208. The molecule has 0 saturated carbocycles. The van der Waals surface area contributed by atoms with E-state index in [4.69, 9.17) is 25.7 Å². The Balaban J connectivity index is 1.85. The molecule has 0 bridgehead atoms. The van der Waals surface area contributed by atoms with Gasteiger partial charge in [0.2, 0.25) is 0 Å². The van der Waals surface area contributed by atoms with E-state index >= 15 is 0 Å². The number of aromatic carboxylic acids is 1. The first-order valence-electron chi connectivity index (χ1n) is 11.4. The summed E-state index contributed by atoms with van der Waals surface area (Å²) in [5, 5.41) is 33.7. The van der Waals surface area contributed by atoms with E-state index in [0.29, 0.717) is 16.8 Å². The maximum Gasteiger partial charge on any atom is 0.349 e. The number of hydrogen-bond donors (Lipinski definition) is 6. The summed E-state index contributed by atoms with van der Waals surface area (Å²) in [4.78, 5) is 30.9. The Labute approximate surface area is 224 Å². The van der Waals surface area contributed by atoms with Gasteiger partial charge in [-0.05, 0) is 36.4 Å². The van der Waals surface area contributed by atoms with Crippen LogP contribution in [0.2, 0.25) is 0 Å². The largest absolute Gasteiger partial charge is 0.492 e. The lowest BCUT2D eigenvalue weighted by Crippen LogP contribution is -2.18. The van der Waals surface area contributed by atoms with Gasteiger partial charge < -0.3 is 30.7 Å². The highest BCUT2D eigenvalue weighted by molar-refractivity contribution is 7.12. The van der Waals surface area contributed by atoms with Crippen molar-refractivity contribution in [3.8, 4) is 17.3 Å². The average molecular weight is 558 g/mol. The van der Waals surface area contributed by atoms with Crippen molar-refractivity contribution in [1.82, 2.24) is 19.7 Å². The molecule has 0 aliphatic heterocycles. The van der Waals surface area contributed by atoms with Crippen molar-refractivity contribution < 1.29 is 28.9 Å². The summed E-state index contributed by atoms with van der Waals surface area (Å²) >= 11 is 0.837. The van der Waals surface area contributed by atoms with Gasteiger partial charge in [-0.2, -0.15) is 4.68 Å². The smallest absolute Gasteiger partial charge is 0.349 e. The van der Waals surface area contributed by atoms with Crippen molar-refractivity contribution in [2.75, 3.05) is 25.6 Å². The zero-order valence-corrected chi connectivity index (χ0v) is 21.3. The van der Waals surface area contributed by atoms with Crippen LogP contribution in [0.4, 0.5) is 10.1 Å². The van der Waals surface area contributed by atoms with E-state index in [1.54, 1.807) is 24.3 Å². The molecule has 4 aromatic rings. The summed E-state index contributed by atoms with van der Waals surface area (Å²) in [6.45, 7) is -0.136. The summed E-state index contributed by atoms with van der Waals surface area (Å²) in [5.74, 6) is -2.41. The van der Waals surface area contributed by atoms with Crippen LogP contribution in [0.1, 0.15) is 39.1 Å². The number of methoxy groups -OCH3 is 1. The predicted octanol–water partition coefficient (Wildman–Crippen LogP) is 2.11. The first kappa shape index (κ1) is 27.3. The van der Waals surface area contributed by atoms with Crippen LogP contribution < -0.4 is 26.2 Å². The fourth-order valence-electron chi connectivity index (χ4n) is 3.72. The number of amidine groups is 1. The molecule has 0 amide bonds. The van der Waals surface area contributed by atoms with E-state index in [0.717, 1.165) is 22.1 Å². The van der Waals surface area contributed by atoms with Crippen molar-refractivity contribution in [3.05, 3.63) is 80.0 Å². The molecular weight excluding hydrogens is 533 g/mol. The molecule has 15 heteroatoms. The Kier molecular flexibility index (Phi) is 8.21. The average Bonchev–Trinajstić information content (AvgIpc) is 3.55. The van der Waals surface area contributed by atoms with Crippen molar-refractivity contribution >= 4 is 28.8 Å². The SMILES string of the molecule is COc1c([C@H](Nc2ccc(C(=N)N)cc2)c2nn(-c3ncsc3C(=O)O)c(=O)[nH]2)ccc(F)c1OCCCO. The number of H-pyrrole nitrogens is 1. The Bertz CT molecular complexity index is 1550. The normalized spacial score (nSPS) is 11.7. The number of benzene rings is 2. The number of aromatic amines is 1. The highest BCUT2D eigenvalue weighted by atomic mass is 32.1. The predicted molar refractivity (Wildman–Crippen MR) is 140 cm³/mol. The van der Waals surface area contributed by atoms with Gasteiger partial charge in [0.25, 0.3) is 0 Å². The number of nitrogens with two attached hydrogens (primary N) is 1. The summed E-state index contributed by atoms with van der Waals surface area (Å²) < 4.78 is 26.7. The molecule has 2 aromatic carbocycles. The number of aliphatic hydroxyl groups is 1. The number of hydrogen-bond acceptors (Lipinski definition) is 10. The second-order valence-corrected chi connectivity index (χ2v) is 8.89. The van der Waals surface area contributed by atoms with E-state index in [2.05, 4.69) is 20.4 Å². The molecule has 0 spiro atoms. The van der Waals surface area contributed by atoms with E-state index in [1.807, 2.05) is 0 Å². The molecule has 204 valence electrons. The lowest BCUT2D eigenvalue weighted by molar-refractivity contribution is 0.0701. The number of ether oxygens (including phenoxy) is 2. The number of halogens is 1. The molecule has 13 nitrogen and oxygen atoms in total. The van der Waals surface area contributed by atoms with Crippen molar-refractivity contribution in [1.29, 1.82) is 5.41 Å². The van der Waals surface area contributed by atoms with Gasteiger partial charge in [0.05, 0.1) is 19.2 Å². The number of thiazole rings is 1. The van der Waals surface area contributed by atoms with E-state index < -0.39 is 23.5 Å². The topological polar surface area (TPSA) is 201 Å². The number of nitrogen functional groups attached to an aromatic ring is 1. The molecule has 1 atom stereocenters. The van der Waals surface area contributed by atoms with Gasteiger partial charge in [-0.3, -0.25) is 10.4 Å². The third-order valence-corrected chi connectivity index (χ3v) is 6.32. The van der Waals surface area contributed by atoms with Crippen molar-refractivity contribution in [2.24, 2.45) is 5.73 Å². The fourth-order valence-corrected chi connectivity index (χ4v) is 4.33. The van der Waals surface area contributed by atoms with Crippen LogP contribution in [0, 0.1) is 11.2 Å². The number of carboxylic acid groups (broad SMARTS) is 1. The number of nitrogens with one attached hydrogen (secondary N) is 3. The molecule has 0 aliphatic carbocycles. The standard InChI is InChI=1S/C24H24FN7O6S/c1-37-17-14(7-8-15(25)18(17)38-10-2-9-33)16(29-13-5-3-12(4-6-13)20(26)27)21-30-24(36)32(31-21)22-19(23(34)35)39-11-28-22/h3-8,11,16,29,33H,2,9-10H2,1H3,(H3,26,27)(H,34,35)(H,30,31,36)/t16-/m0/s1. The van der Waals surface area contributed by atoms with Crippen LogP contribution in [0.25, 0.3) is 5.82 Å². The van der Waals surface area contributed by atoms with Gasteiger partial charge in [0, 0.05) is 29.8 Å². The van der Waals surface area contributed by atoms with Crippen LogP contribution in [0.3, 0.4) is 0 Å². The van der Waals surface area contributed by atoms with Gasteiger partial charge >= 0.3 is 11.7 Å². The first-order valence-corrected chi connectivity index (χ1v) is 12.3. The maximum atomic E-state index is 14.8. The number of anilines is 1. The molecule has 0 saturated heterocycles. The molecule has 0 aliphatic rings. The molecule has 0 unspecified atom stereocenters. The van der Waals surface area contributed by atoms with Crippen LogP contribution >= 0.6 is 11.3 Å². The van der Waals surface area contributed by atoms with E-state index in [-0.39, 0.29) is 53.5 Å².